The molecule has 0 aromatic carbocycles. The van der Waals surface area contributed by atoms with Gasteiger partial charge in [0.1, 0.15) is 0 Å². The van der Waals surface area contributed by atoms with Crippen LogP contribution >= 0.6 is 24.8 Å². The number of hydrogen-bond donors (Lipinski definition) is 2. The van der Waals surface area contributed by atoms with E-state index in [1.807, 2.05) is 6.20 Å². The maximum absolute atomic E-state index is 4.03. The van der Waals surface area contributed by atoms with Gasteiger partial charge in [0.15, 0.2) is 0 Å². The van der Waals surface area contributed by atoms with E-state index in [2.05, 4.69) is 22.4 Å². The van der Waals surface area contributed by atoms with Crippen molar-refractivity contribution in [3.05, 3.63) is 17.5 Å². The molecule has 2 heterocycles. The van der Waals surface area contributed by atoms with Gasteiger partial charge in [-0.1, -0.05) is 6.42 Å². The summed E-state index contributed by atoms with van der Waals surface area (Å²) in [6.45, 7) is 3.25. The van der Waals surface area contributed by atoms with Crippen LogP contribution in [0.4, 0.5) is 0 Å². The molecule has 1 saturated heterocycles. The van der Waals surface area contributed by atoms with Gasteiger partial charge in [-0.25, -0.2) is 0 Å². The number of rotatable bonds is 1. The number of nitrogens with one attached hydrogen (secondary N) is 2. The van der Waals surface area contributed by atoms with Gasteiger partial charge in [-0.2, -0.15) is 5.10 Å². The van der Waals surface area contributed by atoms with E-state index < -0.39 is 0 Å². The van der Waals surface area contributed by atoms with E-state index >= 15 is 0 Å². The maximum Gasteiger partial charge on any atom is 0.0550 e. The molecular formula is C9H17Cl2N3. The molecule has 1 unspecified atom stereocenters. The molecule has 14 heavy (non-hydrogen) atoms. The second-order valence-corrected chi connectivity index (χ2v) is 3.47. The average molecular weight is 238 g/mol. The molecule has 1 aromatic heterocycles. The zero-order valence-electron chi connectivity index (χ0n) is 8.25. The predicted molar refractivity (Wildman–Crippen MR) is 62.4 cm³/mol. The maximum atomic E-state index is 4.03. The first kappa shape index (κ1) is 13.8. The van der Waals surface area contributed by atoms with Crippen LogP contribution in [0, 0.1) is 6.92 Å². The van der Waals surface area contributed by atoms with Crippen LogP contribution in [-0.2, 0) is 0 Å². The Labute approximate surface area is 96.9 Å². The fourth-order valence-corrected chi connectivity index (χ4v) is 1.81. The summed E-state index contributed by atoms with van der Waals surface area (Å²) in [5.41, 5.74) is 2.55. The quantitative estimate of drug-likeness (QED) is 0.788. The lowest BCUT2D eigenvalue weighted by Crippen LogP contribution is -2.27. The first-order chi connectivity index (χ1) is 5.88. The minimum atomic E-state index is 0. The SMILES string of the molecule is Cc1cn[nH]c1C1CCCCN1.Cl.Cl. The number of halogens is 2. The van der Waals surface area contributed by atoms with Crippen LogP contribution in [0.25, 0.3) is 0 Å². The van der Waals surface area contributed by atoms with Gasteiger partial charge in [-0.15, -0.1) is 24.8 Å². The van der Waals surface area contributed by atoms with Crippen molar-refractivity contribution in [3.63, 3.8) is 0 Å². The van der Waals surface area contributed by atoms with Crippen LogP contribution in [0.3, 0.4) is 0 Å². The van der Waals surface area contributed by atoms with Crippen molar-refractivity contribution in [2.45, 2.75) is 32.2 Å². The van der Waals surface area contributed by atoms with Crippen LogP contribution in [0.5, 0.6) is 0 Å². The third-order valence-electron chi connectivity index (χ3n) is 2.53. The molecule has 1 aliphatic rings. The standard InChI is InChI=1S/C9H15N3.2ClH/c1-7-6-11-12-9(7)8-4-2-3-5-10-8;;/h6,8,10H,2-5H2,1H3,(H,11,12);2*1H. The van der Waals surface area contributed by atoms with Crippen molar-refractivity contribution in [1.29, 1.82) is 0 Å². The van der Waals surface area contributed by atoms with Crippen molar-refractivity contribution in [1.82, 2.24) is 15.5 Å². The van der Waals surface area contributed by atoms with Crippen LogP contribution in [-0.4, -0.2) is 16.7 Å². The summed E-state index contributed by atoms with van der Waals surface area (Å²) in [5.74, 6) is 0. The number of aryl methyl sites for hydroxylation is 1. The molecule has 5 heteroatoms. The summed E-state index contributed by atoms with van der Waals surface area (Å²) in [6.07, 6.45) is 5.77. The predicted octanol–water partition coefficient (Wildman–Crippen LogP) is 2.38. The average Bonchev–Trinajstić information content (AvgIpc) is 2.53. The zero-order chi connectivity index (χ0) is 8.39. The Bertz CT molecular complexity index is 256. The third-order valence-corrected chi connectivity index (χ3v) is 2.53. The first-order valence-corrected chi connectivity index (χ1v) is 4.61. The van der Waals surface area contributed by atoms with Gasteiger partial charge in [0.25, 0.3) is 0 Å². The summed E-state index contributed by atoms with van der Waals surface area (Å²) in [5, 5.41) is 10.6. The Balaban J connectivity index is 0.000000845. The molecule has 1 atom stereocenters. The van der Waals surface area contributed by atoms with Crippen LogP contribution in [0.1, 0.15) is 36.6 Å². The molecule has 82 valence electrons. The highest BCUT2D eigenvalue weighted by atomic mass is 35.5. The zero-order valence-corrected chi connectivity index (χ0v) is 9.88. The Morgan fingerprint density at radius 1 is 1.36 bits per heavy atom. The van der Waals surface area contributed by atoms with Gasteiger partial charge < -0.3 is 5.32 Å². The van der Waals surface area contributed by atoms with Crippen molar-refractivity contribution in [2.24, 2.45) is 0 Å². The molecule has 0 aliphatic carbocycles. The van der Waals surface area contributed by atoms with Gasteiger partial charge in [0, 0.05) is 6.04 Å². The Kier molecular flexibility index (Phi) is 6.16. The van der Waals surface area contributed by atoms with Gasteiger partial charge >= 0.3 is 0 Å². The van der Waals surface area contributed by atoms with E-state index in [4.69, 9.17) is 0 Å². The Hall–Kier alpha value is -0.250. The van der Waals surface area contributed by atoms with Gasteiger partial charge in [-0.3, -0.25) is 5.10 Å². The lowest BCUT2D eigenvalue weighted by molar-refractivity contribution is 0.404. The summed E-state index contributed by atoms with van der Waals surface area (Å²) < 4.78 is 0. The summed E-state index contributed by atoms with van der Waals surface area (Å²) in [7, 11) is 0. The Morgan fingerprint density at radius 2 is 2.14 bits per heavy atom. The molecule has 2 N–H and O–H groups in total. The topological polar surface area (TPSA) is 40.7 Å². The van der Waals surface area contributed by atoms with Crippen molar-refractivity contribution < 1.29 is 0 Å². The van der Waals surface area contributed by atoms with E-state index in [-0.39, 0.29) is 24.8 Å². The largest absolute Gasteiger partial charge is 0.309 e. The lowest BCUT2D eigenvalue weighted by atomic mass is 10.0. The summed E-state index contributed by atoms with van der Waals surface area (Å²) in [4.78, 5) is 0. The lowest BCUT2D eigenvalue weighted by Gasteiger charge is -2.22. The minimum absolute atomic E-state index is 0. The molecule has 0 bridgehead atoms. The molecule has 1 fully saturated rings. The summed E-state index contributed by atoms with van der Waals surface area (Å²) in [6, 6.07) is 0.515. The minimum Gasteiger partial charge on any atom is -0.309 e. The molecule has 1 aliphatic heterocycles. The molecule has 0 saturated carbocycles. The van der Waals surface area contributed by atoms with Crippen molar-refractivity contribution in [3.8, 4) is 0 Å². The second kappa shape index (κ2) is 6.27. The fraction of sp³-hybridized carbons (Fsp3) is 0.667. The first-order valence-electron chi connectivity index (χ1n) is 4.61. The summed E-state index contributed by atoms with van der Waals surface area (Å²) >= 11 is 0. The molecule has 0 radical (unpaired) electrons. The number of aromatic amines is 1. The van der Waals surface area contributed by atoms with E-state index in [0.29, 0.717) is 6.04 Å². The number of H-pyrrole nitrogens is 1. The van der Waals surface area contributed by atoms with Crippen LogP contribution in [0.2, 0.25) is 0 Å². The number of hydrogen-bond acceptors (Lipinski definition) is 2. The van der Waals surface area contributed by atoms with E-state index in [1.54, 1.807) is 0 Å². The normalized spacial score (nSPS) is 20.8. The van der Waals surface area contributed by atoms with Gasteiger partial charge in [-0.05, 0) is 31.9 Å². The highest BCUT2D eigenvalue weighted by molar-refractivity contribution is 5.85. The van der Waals surface area contributed by atoms with Crippen molar-refractivity contribution >= 4 is 24.8 Å². The fourth-order valence-electron chi connectivity index (χ4n) is 1.81. The number of aromatic nitrogens is 2. The van der Waals surface area contributed by atoms with E-state index in [1.165, 1.54) is 30.5 Å². The molecular weight excluding hydrogens is 221 g/mol. The Morgan fingerprint density at radius 3 is 2.64 bits per heavy atom. The molecule has 0 spiro atoms. The van der Waals surface area contributed by atoms with Gasteiger partial charge in [0.2, 0.25) is 0 Å². The second-order valence-electron chi connectivity index (χ2n) is 3.47. The van der Waals surface area contributed by atoms with Crippen LogP contribution < -0.4 is 5.32 Å². The van der Waals surface area contributed by atoms with Crippen LogP contribution in [0.15, 0.2) is 6.20 Å². The van der Waals surface area contributed by atoms with Gasteiger partial charge in [0.05, 0.1) is 11.9 Å². The van der Waals surface area contributed by atoms with E-state index in [9.17, 15) is 0 Å². The third kappa shape index (κ3) is 2.87. The van der Waals surface area contributed by atoms with Crippen molar-refractivity contribution in [2.75, 3.05) is 6.54 Å². The molecule has 0 amide bonds. The monoisotopic (exact) mass is 237 g/mol. The smallest absolute Gasteiger partial charge is 0.0550 e. The molecule has 2 rings (SSSR count). The number of nitrogens with zero attached hydrogens (tertiary/aromatic N) is 1. The molecule has 3 nitrogen and oxygen atoms in total. The highest BCUT2D eigenvalue weighted by Crippen LogP contribution is 2.22. The number of piperidine rings is 1. The highest BCUT2D eigenvalue weighted by Gasteiger charge is 2.17. The van der Waals surface area contributed by atoms with E-state index in [0.717, 1.165) is 6.54 Å². The molecule has 1 aromatic rings.